The van der Waals surface area contributed by atoms with Gasteiger partial charge in [-0.25, -0.2) is 9.98 Å². The summed E-state index contributed by atoms with van der Waals surface area (Å²) in [6, 6.07) is 72.5. The summed E-state index contributed by atoms with van der Waals surface area (Å²) >= 11 is 0. The normalized spacial score (nSPS) is 14.2. The molecule has 59 heavy (non-hydrogen) atoms. The molecule has 5 heteroatoms. The molecule has 0 spiro atoms. The Labute approximate surface area is 342 Å². The zero-order valence-electron chi connectivity index (χ0n) is 32.4. The van der Waals surface area contributed by atoms with Gasteiger partial charge in [-0.05, 0) is 86.8 Å². The van der Waals surface area contributed by atoms with E-state index in [1.165, 1.54) is 10.8 Å². The van der Waals surface area contributed by atoms with Crippen LogP contribution in [0.15, 0.2) is 221 Å². The van der Waals surface area contributed by atoms with Crippen LogP contribution in [-0.2, 0) is 0 Å². The molecule has 0 radical (unpaired) electrons. The molecule has 0 fully saturated rings. The van der Waals surface area contributed by atoms with Gasteiger partial charge >= 0.3 is 0 Å². The van der Waals surface area contributed by atoms with E-state index in [0.29, 0.717) is 5.84 Å². The third kappa shape index (κ3) is 6.03. The summed E-state index contributed by atoms with van der Waals surface area (Å²) in [6.45, 7) is 0. The van der Waals surface area contributed by atoms with E-state index < -0.39 is 0 Å². The van der Waals surface area contributed by atoms with Crippen molar-refractivity contribution >= 4 is 72.2 Å². The van der Waals surface area contributed by atoms with Gasteiger partial charge < -0.3 is 14.2 Å². The Bertz CT molecular complexity index is 3230. The van der Waals surface area contributed by atoms with Crippen LogP contribution in [0.3, 0.4) is 0 Å². The summed E-state index contributed by atoms with van der Waals surface area (Å²) in [5.41, 5.74) is 10.3. The molecule has 1 aliphatic rings. The van der Waals surface area contributed by atoms with Crippen LogP contribution in [0.1, 0.15) is 22.9 Å². The first-order chi connectivity index (χ1) is 29.2. The van der Waals surface area contributed by atoms with Gasteiger partial charge in [0.15, 0.2) is 5.84 Å². The Morgan fingerprint density at radius 2 is 1.12 bits per heavy atom. The molecule has 1 aliphatic heterocycles. The summed E-state index contributed by atoms with van der Waals surface area (Å²) in [5.74, 6) is 1.55. The molecule has 5 nitrogen and oxygen atoms in total. The molecule has 0 aliphatic carbocycles. The van der Waals surface area contributed by atoms with Gasteiger partial charge in [-0.3, -0.25) is 0 Å². The van der Waals surface area contributed by atoms with E-state index in [1.54, 1.807) is 0 Å². The van der Waals surface area contributed by atoms with Crippen LogP contribution in [-0.4, -0.2) is 23.6 Å². The lowest BCUT2D eigenvalue weighted by atomic mass is 9.93. The average Bonchev–Trinajstić information content (AvgIpc) is 3.69. The summed E-state index contributed by atoms with van der Waals surface area (Å²) in [6.07, 6.45) is -0.252. The number of para-hydroxylation sites is 1. The number of anilines is 3. The number of nitrogens with zero attached hydrogens (tertiary/aromatic N) is 4. The fraction of sp³-hybridized carbons (Fsp3) is 0.0370. The predicted octanol–water partition coefficient (Wildman–Crippen LogP) is 13.9. The van der Waals surface area contributed by atoms with Crippen LogP contribution in [0, 0.1) is 0 Å². The second kappa shape index (κ2) is 14.3. The largest absolute Gasteiger partial charge is 0.456 e. The minimum atomic E-state index is -0.252. The third-order valence-corrected chi connectivity index (χ3v) is 11.5. The molecule has 1 atom stereocenters. The van der Waals surface area contributed by atoms with Crippen molar-refractivity contribution in [3.8, 4) is 11.1 Å². The molecule has 9 aromatic carbocycles. The lowest BCUT2D eigenvalue weighted by molar-refractivity contribution is 0.383. The van der Waals surface area contributed by atoms with Crippen molar-refractivity contribution < 1.29 is 4.42 Å². The predicted molar refractivity (Wildman–Crippen MR) is 245 cm³/mol. The molecule has 10 aromatic rings. The number of furan rings is 1. The maximum absolute atomic E-state index is 6.81. The van der Waals surface area contributed by atoms with Gasteiger partial charge in [-0.15, -0.1) is 0 Å². The molecule has 0 saturated carbocycles. The van der Waals surface area contributed by atoms with E-state index in [9.17, 15) is 0 Å². The standard InChI is InChI=1S/C54H38N4O/c1-57-53(39-19-7-3-8-20-39)55-52(38-17-5-2-6-18-38)56-54(57)46-26-15-27-48-51(46)50-45-25-14-13-24-44(45)47(35-49(50)59-48)37-29-31-42(32-30-37)58(41-22-9-4-10-23-41)43-33-28-36-16-11-12-21-40(36)34-43/h2-35,53H,1H3. The van der Waals surface area contributed by atoms with Crippen molar-refractivity contribution in [3.63, 3.8) is 0 Å². The molecule has 1 unspecified atom stereocenters. The average molecular weight is 759 g/mol. The first-order valence-corrected chi connectivity index (χ1v) is 20.0. The molecule has 0 bridgehead atoms. The molecule has 2 heterocycles. The Kier molecular flexibility index (Phi) is 8.37. The van der Waals surface area contributed by atoms with Gasteiger partial charge in [-0.1, -0.05) is 158 Å². The molecule has 11 rings (SSSR count). The topological polar surface area (TPSA) is 44.3 Å². The highest BCUT2D eigenvalue weighted by atomic mass is 16.3. The van der Waals surface area contributed by atoms with Crippen LogP contribution >= 0.6 is 0 Å². The van der Waals surface area contributed by atoms with Gasteiger partial charge in [0.2, 0.25) is 0 Å². The Balaban J connectivity index is 1.05. The lowest BCUT2D eigenvalue weighted by Gasteiger charge is -2.32. The van der Waals surface area contributed by atoms with Crippen molar-refractivity contribution in [2.75, 3.05) is 11.9 Å². The fourth-order valence-electron chi connectivity index (χ4n) is 8.66. The SMILES string of the molecule is CN1C(c2cccc3oc4cc(-c5ccc(N(c6ccccc6)c6ccc7ccccc7c6)cc5)c5ccccc5c4c23)=NC(c2ccccc2)=NC1c1ccccc1. The smallest absolute Gasteiger partial charge is 0.159 e. The van der Waals surface area contributed by atoms with Crippen molar-refractivity contribution in [1.29, 1.82) is 0 Å². The van der Waals surface area contributed by atoms with E-state index in [2.05, 4.69) is 199 Å². The van der Waals surface area contributed by atoms with Crippen LogP contribution in [0.2, 0.25) is 0 Å². The summed E-state index contributed by atoms with van der Waals surface area (Å²) in [4.78, 5) is 15.0. The van der Waals surface area contributed by atoms with E-state index in [4.69, 9.17) is 14.4 Å². The maximum Gasteiger partial charge on any atom is 0.159 e. The van der Waals surface area contributed by atoms with Gasteiger partial charge in [0.1, 0.15) is 23.2 Å². The Morgan fingerprint density at radius 1 is 0.475 bits per heavy atom. The van der Waals surface area contributed by atoms with Crippen LogP contribution in [0.5, 0.6) is 0 Å². The summed E-state index contributed by atoms with van der Waals surface area (Å²) in [7, 11) is 2.08. The minimum absolute atomic E-state index is 0.252. The number of aliphatic imine (C=N–C) groups is 2. The minimum Gasteiger partial charge on any atom is -0.456 e. The van der Waals surface area contributed by atoms with Crippen molar-refractivity contribution in [2.24, 2.45) is 9.98 Å². The van der Waals surface area contributed by atoms with Gasteiger partial charge in [0.25, 0.3) is 0 Å². The van der Waals surface area contributed by atoms with Gasteiger partial charge in [0.05, 0.1) is 0 Å². The second-order valence-corrected chi connectivity index (χ2v) is 15.0. The quantitative estimate of drug-likeness (QED) is 0.163. The zero-order chi connectivity index (χ0) is 39.3. The van der Waals surface area contributed by atoms with Gasteiger partial charge in [0, 0.05) is 46.0 Å². The number of amidine groups is 2. The number of fused-ring (bicyclic) bond motifs is 6. The number of hydrogen-bond donors (Lipinski definition) is 0. The molecule has 280 valence electrons. The first kappa shape index (κ1) is 34.5. The van der Waals surface area contributed by atoms with Gasteiger partial charge in [-0.2, -0.15) is 0 Å². The van der Waals surface area contributed by atoms with Crippen molar-refractivity contribution in [3.05, 3.63) is 223 Å². The van der Waals surface area contributed by atoms with Crippen LogP contribution < -0.4 is 4.90 Å². The van der Waals surface area contributed by atoms with Crippen molar-refractivity contribution in [1.82, 2.24) is 4.90 Å². The third-order valence-electron chi connectivity index (χ3n) is 11.5. The van der Waals surface area contributed by atoms with E-state index in [-0.39, 0.29) is 6.17 Å². The van der Waals surface area contributed by atoms with Crippen LogP contribution in [0.25, 0.3) is 54.6 Å². The summed E-state index contributed by atoms with van der Waals surface area (Å²) < 4.78 is 6.81. The van der Waals surface area contributed by atoms with E-state index in [1.807, 2.05) is 24.3 Å². The van der Waals surface area contributed by atoms with E-state index in [0.717, 1.165) is 83.4 Å². The molecule has 0 saturated heterocycles. The highest BCUT2D eigenvalue weighted by Crippen LogP contribution is 2.43. The number of hydrogen-bond acceptors (Lipinski definition) is 5. The second-order valence-electron chi connectivity index (χ2n) is 15.0. The molecule has 0 amide bonds. The van der Waals surface area contributed by atoms with E-state index >= 15 is 0 Å². The maximum atomic E-state index is 6.81. The Hall–Kier alpha value is -7.76. The highest BCUT2D eigenvalue weighted by molar-refractivity contribution is 6.28. The molecule has 1 aromatic heterocycles. The zero-order valence-corrected chi connectivity index (χ0v) is 32.4. The first-order valence-electron chi connectivity index (χ1n) is 20.0. The lowest BCUT2D eigenvalue weighted by Crippen LogP contribution is -2.35. The molecule has 0 N–H and O–H groups in total. The Morgan fingerprint density at radius 3 is 1.90 bits per heavy atom. The van der Waals surface area contributed by atoms with Crippen molar-refractivity contribution in [2.45, 2.75) is 6.17 Å². The highest BCUT2D eigenvalue weighted by Gasteiger charge is 2.29. The number of benzene rings is 9. The monoisotopic (exact) mass is 758 g/mol. The molecular formula is C54H38N4O. The number of rotatable bonds is 7. The van der Waals surface area contributed by atoms with Crippen LogP contribution in [0.4, 0.5) is 17.1 Å². The summed E-state index contributed by atoms with van der Waals surface area (Å²) in [5, 5.41) is 6.84. The molecular weight excluding hydrogens is 721 g/mol. The fourth-order valence-corrected chi connectivity index (χ4v) is 8.66.